The molecule has 32 heavy (non-hydrogen) atoms. The molecule has 0 radical (unpaired) electrons. The fraction of sp³-hybridized carbons (Fsp3) is 0.519. The van der Waals surface area contributed by atoms with E-state index in [1.165, 1.54) is 30.9 Å². The van der Waals surface area contributed by atoms with E-state index in [9.17, 15) is 9.90 Å². The molecule has 3 aliphatic rings. The van der Waals surface area contributed by atoms with Gasteiger partial charge in [0.05, 0.1) is 6.61 Å². The van der Waals surface area contributed by atoms with Crippen LogP contribution in [0, 0.1) is 5.92 Å². The van der Waals surface area contributed by atoms with Crippen molar-refractivity contribution in [2.75, 3.05) is 26.2 Å². The number of nitrogens with zero attached hydrogens (tertiary/aromatic N) is 1. The highest BCUT2D eigenvalue weighted by atomic mass is 16.5. The number of carbonyl (C=O) groups excluding carboxylic acids is 1. The first kappa shape index (κ1) is 21.3. The molecule has 0 amide bonds. The van der Waals surface area contributed by atoms with Crippen molar-refractivity contribution in [1.29, 1.82) is 0 Å². The highest BCUT2D eigenvalue weighted by Gasteiger charge is 2.46. The summed E-state index contributed by atoms with van der Waals surface area (Å²) in [6.45, 7) is 5.41. The summed E-state index contributed by atoms with van der Waals surface area (Å²) in [5.41, 5.74) is 3.67. The van der Waals surface area contributed by atoms with Crippen molar-refractivity contribution in [3.05, 3.63) is 53.1 Å². The number of aromatic hydroxyl groups is 1. The Morgan fingerprint density at radius 2 is 2.09 bits per heavy atom. The van der Waals surface area contributed by atoms with Crippen LogP contribution in [-0.4, -0.2) is 42.2 Å². The highest BCUT2D eigenvalue weighted by Crippen LogP contribution is 2.53. The summed E-state index contributed by atoms with van der Waals surface area (Å²) in [5.74, 6) is 1.61. The number of ether oxygens (including phenoxy) is 2. The summed E-state index contributed by atoms with van der Waals surface area (Å²) in [5, 5.41) is 11.0. The topological polar surface area (TPSA) is 59.0 Å². The first-order valence-corrected chi connectivity index (χ1v) is 12.0. The van der Waals surface area contributed by atoms with Gasteiger partial charge in [0.2, 0.25) is 0 Å². The minimum atomic E-state index is -0.400. The number of hydrogen-bond donors (Lipinski definition) is 1. The lowest BCUT2D eigenvalue weighted by Crippen LogP contribution is -2.35. The zero-order valence-corrected chi connectivity index (χ0v) is 18.9. The van der Waals surface area contributed by atoms with Crippen LogP contribution in [0.4, 0.5) is 0 Å². The monoisotopic (exact) mass is 435 g/mol. The lowest BCUT2D eigenvalue weighted by molar-refractivity contribution is -0.132. The molecule has 5 rings (SSSR count). The number of hydrogen-bond acceptors (Lipinski definition) is 5. The zero-order valence-electron chi connectivity index (χ0n) is 18.9. The van der Waals surface area contributed by atoms with Crippen LogP contribution in [0.25, 0.3) is 0 Å². The van der Waals surface area contributed by atoms with Crippen molar-refractivity contribution < 1.29 is 19.4 Å². The van der Waals surface area contributed by atoms with Gasteiger partial charge in [0.25, 0.3) is 0 Å². The normalized spacial score (nSPS) is 22.0. The Bertz CT molecular complexity index is 995. The Hall–Kier alpha value is -2.53. The fourth-order valence-electron chi connectivity index (χ4n) is 6.23. The van der Waals surface area contributed by atoms with E-state index in [0.29, 0.717) is 5.92 Å². The summed E-state index contributed by atoms with van der Waals surface area (Å²) >= 11 is 0. The number of rotatable bonds is 6. The Labute approximate surface area is 190 Å². The van der Waals surface area contributed by atoms with Gasteiger partial charge in [-0.3, -0.25) is 4.79 Å². The molecule has 1 atom stereocenters. The van der Waals surface area contributed by atoms with Gasteiger partial charge in [-0.2, -0.15) is 0 Å². The van der Waals surface area contributed by atoms with Gasteiger partial charge in [-0.05, 0) is 61.4 Å². The number of fused-ring (bicyclic) bond motifs is 1. The Balaban J connectivity index is 1.30. The van der Waals surface area contributed by atoms with E-state index in [2.05, 4.69) is 23.1 Å². The molecule has 2 fully saturated rings. The number of esters is 1. The molecule has 0 aromatic heterocycles. The van der Waals surface area contributed by atoms with Crippen LogP contribution in [0.15, 0.2) is 36.4 Å². The van der Waals surface area contributed by atoms with Gasteiger partial charge in [0, 0.05) is 37.4 Å². The molecule has 2 heterocycles. The Kier molecular flexibility index (Phi) is 5.85. The number of phenols is 1. The maximum absolute atomic E-state index is 11.5. The molecular weight excluding hydrogens is 402 g/mol. The van der Waals surface area contributed by atoms with Crippen molar-refractivity contribution in [2.45, 2.75) is 57.3 Å². The Morgan fingerprint density at radius 3 is 2.91 bits per heavy atom. The van der Waals surface area contributed by atoms with Gasteiger partial charge < -0.3 is 19.5 Å². The average molecular weight is 436 g/mol. The minimum Gasteiger partial charge on any atom is -0.504 e. The first-order valence-electron chi connectivity index (χ1n) is 12.0. The van der Waals surface area contributed by atoms with Crippen molar-refractivity contribution >= 4 is 5.97 Å². The van der Waals surface area contributed by atoms with Gasteiger partial charge in [-0.25, -0.2) is 0 Å². The maximum atomic E-state index is 11.5. The first-order chi connectivity index (χ1) is 15.5. The van der Waals surface area contributed by atoms with Crippen molar-refractivity contribution in [1.82, 2.24) is 4.90 Å². The van der Waals surface area contributed by atoms with Crippen LogP contribution in [0.5, 0.6) is 17.2 Å². The summed E-state index contributed by atoms with van der Waals surface area (Å²) in [4.78, 5) is 14.1. The molecule has 2 aromatic rings. The van der Waals surface area contributed by atoms with E-state index in [1.807, 2.05) is 12.1 Å². The summed E-state index contributed by atoms with van der Waals surface area (Å²) in [7, 11) is 0. The van der Waals surface area contributed by atoms with E-state index < -0.39 is 5.97 Å². The minimum absolute atomic E-state index is 0.0279. The molecule has 1 saturated heterocycles. The second kappa shape index (κ2) is 8.78. The maximum Gasteiger partial charge on any atom is 0.308 e. The molecule has 1 aliphatic carbocycles. The highest BCUT2D eigenvalue weighted by molar-refractivity contribution is 5.71. The molecule has 0 spiro atoms. The quantitative estimate of drug-likeness (QED) is 0.530. The van der Waals surface area contributed by atoms with Crippen LogP contribution in [-0.2, 0) is 23.1 Å². The number of benzene rings is 2. The SMILES string of the molecule is CC(=O)Oc1cccc(C2([C@@H]3CCN(CCc4ccc5c(c4)CCO5)C3)CCCC2)c1O. The van der Waals surface area contributed by atoms with E-state index >= 15 is 0 Å². The van der Waals surface area contributed by atoms with Gasteiger partial charge >= 0.3 is 5.97 Å². The van der Waals surface area contributed by atoms with Gasteiger partial charge in [0.15, 0.2) is 11.5 Å². The molecular formula is C27H33NO4. The third kappa shape index (κ3) is 3.99. The summed E-state index contributed by atoms with van der Waals surface area (Å²) in [6.07, 6.45) is 7.78. The molecule has 170 valence electrons. The molecule has 2 aliphatic heterocycles. The van der Waals surface area contributed by atoms with Gasteiger partial charge in [-0.15, -0.1) is 0 Å². The van der Waals surface area contributed by atoms with Crippen molar-refractivity contribution in [3.63, 3.8) is 0 Å². The second-order valence-corrected chi connectivity index (χ2v) is 9.69. The molecule has 2 aromatic carbocycles. The van der Waals surface area contributed by atoms with E-state index in [0.717, 1.165) is 69.7 Å². The van der Waals surface area contributed by atoms with Crippen molar-refractivity contribution in [3.8, 4) is 17.2 Å². The summed E-state index contributed by atoms with van der Waals surface area (Å²) < 4.78 is 10.9. The second-order valence-electron chi connectivity index (χ2n) is 9.69. The molecule has 0 bridgehead atoms. The van der Waals surface area contributed by atoms with Crippen LogP contribution >= 0.6 is 0 Å². The third-order valence-electron chi connectivity index (χ3n) is 7.81. The predicted molar refractivity (Wildman–Crippen MR) is 123 cm³/mol. The smallest absolute Gasteiger partial charge is 0.308 e. The van der Waals surface area contributed by atoms with E-state index in [1.54, 1.807) is 6.07 Å². The molecule has 1 N–H and O–H groups in total. The van der Waals surface area contributed by atoms with Crippen molar-refractivity contribution in [2.24, 2.45) is 5.92 Å². The molecule has 5 nitrogen and oxygen atoms in total. The lowest BCUT2D eigenvalue weighted by Gasteiger charge is -2.37. The number of likely N-dealkylation sites (tertiary alicyclic amines) is 1. The zero-order chi connectivity index (χ0) is 22.1. The van der Waals surface area contributed by atoms with Crippen LogP contribution in [0.1, 0.15) is 55.7 Å². The molecule has 1 saturated carbocycles. The van der Waals surface area contributed by atoms with Gasteiger partial charge in [-0.1, -0.05) is 37.1 Å². The number of carbonyl (C=O) groups is 1. The third-order valence-corrected chi connectivity index (χ3v) is 7.81. The standard InChI is InChI=1S/C27H33NO4/c1-19(29)32-25-6-4-5-23(26(25)30)27(12-2-3-13-27)22-10-15-28(18-22)14-9-20-7-8-24-21(17-20)11-16-31-24/h4-8,17,22,30H,2-3,9-16,18H2,1H3/t22-/m1/s1. The van der Waals surface area contributed by atoms with E-state index in [-0.39, 0.29) is 16.9 Å². The van der Waals surface area contributed by atoms with Crippen LogP contribution in [0.3, 0.4) is 0 Å². The largest absolute Gasteiger partial charge is 0.504 e. The van der Waals surface area contributed by atoms with Crippen LogP contribution in [0.2, 0.25) is 0 Å². The van der Waals surface area contributed by atoms with Crippen LogP contribution < -0.4 is 9.47 Å². The molecule has 0 unspecified atom stereocenters. The van der Waals surface area contributed by atoms with E-state index in [4.69, 9.17) is 9.47 Å². The average Bonchev–Trinajstić information content (AvgIpc) is 3.53. The number of para-hydroxylation sites is 1. The Morgan fingerprint density at radius 1 is 1.25 bits per heavy atom. The molecule has 5 heteroatoms. The summed E-state index contributed by atoms with van der Waals surface area (Å²) in [6, 6.07) is 12.3. The van der Waals surface area contributed by atoms with Gasteiger partial charge in [0.1, 0.15) is 5.75 Å². The fourth-order valence-corrected chi connectivity index (χ4v) is 6.23. The predicted octanol–water partition coefficient (Wildman–Crippen LogP) is 4.63. The number of phenolic OH excluding ortho intramolecular Hbond substituents is 1. The lowest BCUT2D eigenvalue weighted by atomic mass is 9.68.